The molecule has 0 aliphatic carbocycles. The minimum atomic E-state index is 0.0266. The van der Waals surface area contributed by atoms with Gasteiger partial charge in [0, 0.05) is 6.54 Å². The van der Waals surface area contributed by atoms with Gasteiger partial charge in [-0.3, -0.25) is 0 Å². The smallest absolute Gasteiger partial charge is 0.138 e. The van der Waals surface area contributed by atoms with Crippen LogP contribution in [0.5, 0.6) is 5.75 Å². The number of hydrogen-bond donors (Lipinski definition) is 2. The second-order valence-corrected chi connectivity index (χ2v) is 5.38. The summed E-state index contributed by atoms with van der Waals surface area (Å²) in [5.41, 5.74) is 1.14. The van der Waals surface area contributed by atoms with E-state index in [0.29, 0.717) is 36.5 Å². The highest BCUT2D eigenvalue weighted by Crippen LogP contribution is 2.25. The Hall–Kier alpha value is -0.810. The van der Waals surface area contributed by atoms with Gasteiger partial charge < -0.3 is 19.9 Å². The molecule has 0 saturated heterocycles. The van der Waals surface area contributed by atoms with Gasteiger partial charge in [0.05, 0.1) is 24.8 Å². The van der Waals surface area contributed by atoms with Gasteiger partial charge in [0.25, 0.3) is 0 Å². The number of aliphatic hydroxyl groups is 1. The molecule has 0 radical (unpaired) electrons. The monoisotopic (exact) mass is 301 g/mol. The first-order valence-corrected chi connectivity index (χ1v) is 7.31. The van der Waals surface area contributed by atoms with Crippen LogP contribution in [0.25, 0.3) is 0 Å². The third kappa shape index (κ3) is 7.10. The van der Waals surface area contributed by atoms with E-state index in [1.54, 1.807) is 0 Å². The topological polar surface area (TPSA) is 50.7 Å². The van der Waals surface area contributed by atoms with Crippen molar-refractivity contribution in [3.8, 4) is 5.75 Å². The highest BCUT2D eigenvalue weighted by molar-refractivity contribution is 6.32. The molecule has 1 rings (SSSR count). The highest BCUT2D eigenvalue weighted by atomic mass is 35.5. The summed E-state index contributed by atoms with van der Waals surface area (Å²) >= 11 is 6.18. The zero-order valence-corrected chi connectivity index (χ0v) is 12.9. The van der Waals surface area contributed by atoms with E-state index >= 15 is 0 Å². The lowest BCUT2D eigenvalue weighted by molar-refractivity contribution is 0.0705. The molecule has 0 atom stereocenters. The summed E-state index contributed by atoms with van der Waals surface area (Å²) in [6.07, 6.45) is 0. The molecule has 0 amide bonds. The molecule has 0 heterocycles. The Bertz CT molecular complexity index is 385. The maximum Gasteiger partial charge on any atom is 0.138 e. The fourth-order valence-corrected chi connectivity index (χ4v) is 1.91. The zero-order valence-electron chi connectivity index (χ0n) is 12.2. The summed E-state index contributed by atoms with van der Waals surface area (Å²) in [5.74, 6) is 1.29. The molecule has 2 N–H and O–H groups in total. The first-order chi connectivity index (χ1) is 9.63. The second-order valence-electron chi connectivity index (χ2n) is 4.97. The van der Waals surface area contributed by atoms with Crippen molar-refractivity contribution in [2.24, 2.45) is 5.92 Å². The quantitative estimate of drug-likeness (QED) is 0.652. The van der Waals surface area contributed by atoms with Crippen molar-refractivity contribution in [3.05, 3.63) is 28.8 Å². The molecule has 1 aromatic rings. The zero-order chi connectivity index (χ0) is 14.8. The molecule has 1 aromatic carbocycles. The third-order valence-electron chi connectivity index (χ3n) is 2.60. The van der Waals surface area contributed by atoms with Crippen LogP contribution in [0.3, 0.4) is 0 Å². The highest BCUT2D eigenvalue weighted by Gasteiger charge is 2.03. The lowest BCUT2D eigenvalue weighted by Gasteiger charge is -2.11. The molecular formula is C15H24ClNO3. The predicted molar refractivity (Wildman–Crippen MR) is 81.4 cm³/mol. The molecule has 0 aromatic heterocycles. The fourth-order valence-electron chi connectivity index (χ4n) is 1.65. The second kappa shape index (κ2) is 10.00. The Labute approximate surface area is 126 Å². The molecule has 4 nitrogen and oxygen atoms in total. The maximum atomic E-state index is 8.57. The summed E-state index contributed by atoms with van der Waals surface area (Å²) in [5, 5.41) is 12.5. The van der Waals surface area contributed by atoms with Crippen molar-refractivity contribution in [1.82, 2.24) is 5.32 Å². The number of halogens is 1. The molecule has 0 bridgehead atoms. The Morgan fingerprint density at radius 3 is 2.70 bits per heavy atom. The molecule has 0 saturated carbocycles. The van der Waals surface area contributed by atoms with Crippen LogP contribution in [0.4, 0.5) is 0 Å². The molecule has 5 heteroatoms. The molecule has 20 heavy (non-hydrogen) atoms. The van der Waals surface area contributed by atoms with Crippen molar-refractivity contribution in [3.63, 3.8) is 0 Å². The molecular weight excluding hydrogens is 278 g/mol. The van der Waals surface area contributed by atoms with E-state index in [2.05, 4.69) is 19.2 Å². The average molecular weight is 302 g/mol. The minimum absolute atomic E-state index is 0.0266. The van der Waals surface area contributed by atoms with E-state index in [1.807, 2.05) is 18.2 Å². The van der Waals surface area contributed by atoms with Gasteiger partial charge in [0.15, 0.2) is 0 Å². The van der Waals surface area contributed by atoms with Gasteiger partial charge in [-0.1, -0.05) is 31.5 Å². The van der Waals surface area contributed by atoms with E-state index in [0.717, 1.165) is 18.7 Å². The third-order valence-corrected chi connectivity index (χ3v) is 2.89. The van der Waals surface area contributed by atoms with Gasteiger partial charge in [-0.05, 0) is 30.2 Å². The molecule has 0 spiro atoms. The van der Waals surface area contributed by atoms with Crippen LogP contribution in [0, 0.1) is 5.92 Å². The summed E-state index contributed by atoms with van der Waals surface area (Å²) in [6.45, 7) is 7.36. The lowest BCUT2D eigenvalue weighted by atomic mass is 10.2. The normalized spacial score (nSPS) is 11.1. The van der Waals surface area contributed by atoms with Crippen molar-refractivity contribution in [2.75, 3.05) is 33.0 Å². The Kier molecular flexibility index (Phi) is 8.62. The molecule has 0 aliphatic heterocycles. The SMILES string of the molecule is CC(C)CNCc1ccc(OCCOCCO)c(Cl)c1. The van der Waals surface area contributed by atoms with Crippen molar-refractivity contribution >= 4 is 11.6 Å². The van der Waals surface area contributed by atoms with Gasteiger partial charge in [0.2, 0.25) is 0 Å². The van der Waals surface area contributed by atoms with Gasteiger partial charge in [-0.2, -0.15) is 0 Å². The van der Waals surface area contributed by atoms with Crippen LogP contribution < -0.4 is 10.1 Å². The Morgan fingerprint density at radius 2 is 2.05 bits per heavy atom. The van der Waals surface area contributed by atoms with Crippen molar-refractivity contribution in [1.29, 1.82) is 0 Å². The average Bonchev–Trinajstić information content (AvgIpc) is 2.40. The van der Waals surface area contributed by atoms with E-state index in [1.165, 1.54) is 0 Å². The molecule has 114 valence electrons. The van der Waals surface area contributed by atoms with E-state index in [9.17, 15) is 0 Å². The molecule has 0 fully saturated rings. The number of benzene rings is 1. The van der Waals surface area contributed by atoms with Crippen LogP contribution in [0.1, 0.15) is 19.4 Å². The van der Waals surface area contributed by atoms with Crippen LogP contribution in [-0.2, 0) is 11.3 Å². The van der Waals surface area contributed by atoms with Crippen molar-refractivity contribution in [2.45, 2.75) is 20.4 Å². The van der Waals surface area contributed by atoms with Gasteiger partial charge in [0.1, 0.15) is 12.4 Å². The van der Waals surface area contributed by atoms with Crippen molar-refractivity contribution < 1.29 is 14.6 Å². The van der Waals surface area contributed by atoms with Gasteiger partial charge in [-0.15, -0.1) is 0 Å². The van der Waals surface area contributed by atoms with Gasteiger partial charge in [-0.25, -0.2) is 0 Å². The first kappa shape index (κ1) is 17.2. The maximum absolute atomic E-state index is 8.57. The number of ether oxygens (including phenoxy) is 2. The summed E-state index contributed by atoms with van der Waals surface area (Å²) in [7, 11) is 0. The molecule has 0 unspecified atom stereocenters. The fraction of sp³-hybridized carbons (Fsp3) is 0.600. The Morgan fingerprint density at radius 1 is 1.25 bits per heavy atom. The van der Waals surface area contributed by atoms with E-state index < -0.39 is 0 Å². The van der Waals surface area contributed by atoms with Crippen LogP contribution >= 0.6 is 11.6 Å². The molecule has 0 aliphatic rings. The number of nitrogens with one attached hydrogen (secondary N) is 1. The largest absolute Gasteiger partial charge is 0.490 e. The number of hydrogen-bond acceptors (Lipinski definition) is 4. The summed E-state index contributed by atoms with van der Waals surface area (Å²) < 4.78 is 10.6. The van der Waals surface area contributed by atoms with Crippen LogP contribution in [-0.4, -0.2) is 38.1 Å². The number of aliphatic hydroxyl groups excluding tert-OH is 1. The minimum Gasteiger partial charge on any atom is -0.490 e. The summed E-state index contributed by atoms with van der Waals surface area (Å²) in [6, 6.07) is 5.79. The van der Waals surface area contributed by atoms with Crippen LogP contribution in [0.2, 0.25) is 5.02 Å². The Balaban J connectivity index is 2.35. The summed E-state index contributed by atoms with van der Waals surface area (Å²) in [4.78, 5) is 0. The standard InChI is InChI=1S/C15H24ClNO3/c1-12(2)10-17-11-13-3-4-15(14(16)9-13)20-8-7-19-6-5-18/h3-4,9,12,17-18H,5-8,10-11H2,1-2H3. The number of rotatable bonds is 10. The van der Waals surface area contributed by atoms with Crippen LogP contribution in [0.15, 0.2) is 18.2 Å². The lowest BCUT2D eigenvalue weighted by Crippen LogP contribution is -2.18. The van der Waals surface area contributed by atoms with Gasteiger partial charge >= 0.3 is 0 Å². The van der Waals surface area contributed by atoms with E-state index in [-0.39, 0.29) is 6.61 Å². The van der Waals surface area contributed by atoms with E-state index in [4.69, 9.17) is 26.2 Å². The predicted octanol–water partition coefficient (Wildman–Crippen LogP) is 2.47. The first-order valence-electron chi connectivity index (χ1n) is 6.94.